The summed E-state index contributed by atoms with van der Waals surface area (Å²) in [7, 11) is -4.65. The van der Waals surface area contributed by atoms with E-state index in [9.17, 15) is 19.3 Å². The number of rotatable bonds is 19. The van der Waals surface area contributed by atoms with Crippen LogP contribution in [0.15, 0.2) is 60.7 Å². The Bertz CT molecular complexity index is 903. The van der Waals surface area contributed by atoms with Crippen LogP contribution in [0.3, 0.4) is 0 Å². The van der Waals surface area contributed by atoms with Crippen molar-refractivity contribution >= 4 is 19.7 Å². The van der Waals surface area contributed by atoms with Gasteiger partial charge in [-0.2, -0.15) is 0 Å². The summed E-state index contributed by atoms with van der Waals surface area (Å²) in [5, 5.41) is 12.0. The molecule has 0 saturated heterocycles. The maximum atomic E-state index is 12.2. The number of benzene rings is 1. The average molecular weight is 522 g/mol. The van der Waals surface area contributed by atoms with Crippen molar-refractivity contribution in [1.29, 1.82) is 0 Å². The Kier molecular flexibility index (Phi) is 16.2. The van der Waals surface area contributed by atoms with Crippen LogP contribution in [0.2, 0.25) is 0 Å². The lowest BCUT2D eigenvalue weighted by molar-refractivity contribution is -0.141. The number of allylic oxidation sites excluding steroid dienone is 6. The van der Waals surface area contributed by atoms with Crippen LogP contribution in [0.5, 0.6) is 5.75 Å². The van der Waals surface area contributed by atoms with Gasteiger partial charge in [-0.25, -0.2) is 9.36 Å². The molecule has 1 rings (SSSR count). The first-order valence-electron chi connectivity index (χ1n) is 12.5. The summed E-state index contributed by atoms with van der Waals surface area (Å²) in [4.78, 5) is 41.4. The van der Waals surface area contributed by atoms with Crippen LogP contribution >= 0.6 is 7.82 Å². The van der Waals surface area contributed by atoms with Crippen LogP contribution in [0.4, 0.5) is 0 Å². The van der Waals surface area contributed by atoms with Gasteiger partial charge >= 0.3 is 13.8 Å². The van der Waals surface area contributed by atoms with Crippen LogP contribution in [0, 0.1) is 0 Å². The van der Waals surface area contributed by atoms with Crippen molar-refractivity contribution < 1.29 is 33.6 Å². The van der Waals surface area contributed by atoms with Crippen LogP contribution < -0.4 is 9.84 Å². The summed E-state index contributed by atoms with van der Waals surface area (Å²) in [6.07, 6.45) is 22.4. The van der Waals surface area contributed by atoms with Gasteiger partial charge in [-0.15, -0.1) is 0 Å². The molecular formula is C27H40NO7P. The fraction of sp³-hybridized carbons (Fsp3) is 0.481. The van der Waals surface area contributed by atoms with Crippen molar-refractivity contribution in [2.75, 3.05) is 0 Å². The Labute approximate surface area is 214 Å². The van der Waals surface area contributed by atoms with E-state index in [1.807, 2.05) is 0 Å². The van der Waals surface area contributed by atoms with Crippen LogP contribution in [-0.4, -0.2) is 32.8 Å². The van der Waals surface area contributed by atoms with E-state index in [-0.39, 0.29) is 24.5 Å². The van der Waals surface area contributed by atoms with E-state index in [4.69, 9.17) is 9.79 Å². The van der Waals surface area contributed by atoms with Gasteiger partial charge < -0.3 is 14.9 Å². The monoisotopic (exact) mass is 521 g/mol. The predicted molar refractivity (Wildman–Crippen MR) is 142 cm³/mol. The van der Waals surface area contributed by atoms with Gasteiger partial charge in [-0.3, -0.25) is 14.6 Å². The minimum atomic E-state index is -4.65. The SMILES string of the molecule is CCC=CCC=CC/C=C\CCCCCCCC(=O)N[C@@H](Cc1ccc(OP(=O)(O)O)cc1)C(=O)O. The molecule has 0 fully saturated rings. The number of phosphoric acid groups is 1. The highest BCUT2D eigenvalue weighted by Gasteiger charge is 2.21. The summed E-state index contributed by atoms with van der Waals surface area (Å²) in [6, 6.07) is 4.61. The number of carboxylic acid groups (broad SMARTS) is 1. The van der Waals surface area contributed by atoms with E-state index < -0.39 is 19.8 Å². The molecule has 1 atom stereocenters. The number of amides is 1. The zero-order chi connectivity index (χ0) is 26.7. The molecule has 0 radical (unpaired) electrons. The lowest BCUT2D eigenvalue weighted by atomic mass is 10.0. The quantitative estimate of drug-likeness (QED) is 0.102. The average Bonchev–Trinajstić information content (AvgIpc) is 2.81. The van der Waals surface area contributed by atoms with Gasteiger partial charge in [-0.1, -0.05) is 74.8 Å². The molecule has 0 saturated carbocycles. The highest BCUT2D eigenvalue weighted by molar-refractivity contribution is 7.46. The lowest BCUT2D eigenvalue weighted by Gasteiger charge is -2.15. The largest absolute Gasteiger partial charge is 0.524 e. The van der Waals surface area contributed by atoms with E-state index >= 15 is 0 Å². The molecule has 1 amide bonds. The summed E-state index contributed by atoms with van der Waals surface area (Å²) in [5.41, 5.74) is 0.593. The predicted octanol–water partition coefficient (Wildman–Crippen LogP) is 5.86. The number of phosphoric ester groups is 1. The van der Waals surface area contributed by atoms with Crippen LogP contribution in [-0.2, 0) is 20.6 Å². The number of aliphatic carboxylic acids is 1. The normalized spacial score (nSPS) is 13.0. The molecule has 0 spiro atoms. The highest BCUT2D eigenvalue weighted by atomic mass is 31.2. The van der Waals surface area contributed by atoms with Crippen molar-refractivity contribution in [3.63, 3.8) is 0 Å². The molecule has 1 aromatic carbocycles. The minimum Gasteiger partial charge on any atom is -0.480 e. The van der Waals surface area contributed by atoms with E-state index in [2.05, 4.69) is 53.2 Å². The van der Waals surface area contributed by atoms with Gasteiger partial charge in [-0.05, 0) is 56.2 Å². The summed E-state index contributed by atoms with van der Waals surface area (Å²) in [6.45, 7) is 2.13. The zero-order valence-electron chi connectivity index (χ0n) is 21.1. The van der Waals surface area contributed by atoms with E-state index in [0.29, 0.717) is 12.0 Å². The number of hydrogen-bond donors (Lipinski definition) is 4. The molecule has 0 unspecified atom stereocenters. The van der Waals surface area contributed by atoms with Crippen molar-refractivity contribution in [2.45, 2.75) is 83.6 Å². The third-order valence-electron chi connectivity index (χ3n) is 5.28. The number of carbonyl (C=O) groups excluding carboxylic acids is 1. The number of hydrogen-bond acceptors (Lipinski definition) is 4. The smallest absolute Gasteiger partial charge is 0.480 e. The summed E-state index contributed by atoms with van der Waals surface area (Å²) < 4.78 is 15.3. The van der Waals surface area contributed by atoms with Crippen molar-refractivity contribution in [3.8, 4) is 5.75 Å². The Hall–Kier alpha value is -2.67. The molecule has 36 heavy (non-hydrogen) atoms. The fourth-order valence-electron chi connectivity index (χ4n) is 3.43. The summed E-state index contributed by atoms with van der Waals surface area (Å²) >= 11 is 0. The van der Waals surface area contributed by atoms with Crippen LogP contribution in [0.25, 0.3) is 0 Å². The zero-order valence-corrected chi connectivity index (χ0v) is 21.9. The molecule has 0 bridgehead atoms. The van der Waals surface area contributed by atoms with E-state index in [1.54, 1.807) is 0 Å². The molecule has 0 aromatic heterocycles. The van der Waals surface area contributed by atoms with Gasteiger partial charge in [0.2, 0.25) is 5.91 Å². The van der Waals surface area contributed by atoms with Gasteiger partial charge in [0.05, 0.1) is 0 Å². The summed E-state index contributed by atoms with van der Waals surface area (Å²) in [5.74, 6) is -1.47. The first-order valence-corrected chi connectivity index (χ1v) is 14.1. The number of nitrogens with one attached hydrogen (secondary N) is 1. The highest BCUT2D eigenvalue weighted by Crippen LogP contribution is 2.37. The molecular weight excluding hydrogens is 481 g/mol. The van der Waals surface area contributed by atoms with Gasteiger partial charge in [0.15, 0.2) is 0 Å². The molecule has 0 aliphatic rings. The van der Waals surface area contributed by atoms with Gasteiger partial charge in [0.25, 0.3) is 0 Å². The third-order valence-corrected chi connectivity index (χ3v) is 5.72. The number of unbranched alkanes of at least 4 members (excludes halogenated alkanes) is 5. The van der Waals surface area contributed by atoms with Gasteiger partial charge in [0.1, 0.15) is 11.8 Å². The molecule has 9 heteroatoms. The first kappa shape index (κ1) is 31.4. The molecule has 0 heterocycles. The third kappa shape index (κ3) is 16.9. The molecule has 4 N–H and O–H groups in total. The molecule has 200 valence electrons. The fourth-order valence-corrected chi connectivity index (χ4v) is 3.83. The lowest BCUT2D eigenvalue weighted by Crippen LogP contribution is -2.42. The second kappa shape index (κ2) is 18.6. The van der Waals surface area contributed by atoms with E-state index in [0.717, 1.165) is 51.4 Å². The Morgan fingerprint density at radius 3 is 2.11 bits per heavy atom. The van der Waals surface area contributed by atoms with E-state index in [1.165, 1.54) is 24.3 Å². The molecule has 8 nitrogen and oxygen atoms in total. The second-order valence-corrected chi connectivity index (χ2v) is 9.65. The van der Waals surface area contributed by atoms with Crippen molar-refractivity contribution in [2.24, 2.45) is 0 Å². The topological polar surface area (TPSA) is 133 Å². The molecule has 0 aliphatic heterocycles. The van der Waals surface area contributed by atoms with Crippen LogP contribution in [0.1, 0.15) is 76.7 Å². The second-order valence-electron chi connectivity index (χ2n) is 8.49. The molecule has 0 aliphatic carbocycles. The Morgan fingerprint density at radius 2 is 1.50 bits per heavy atom. The maximum absolute atomic E-state index is 12.2. The number of carboxylic acids is 1. The Morgan fingerprint density at radius 1 is 0.917 bits per heavy atom. The van der Waals surface area contributed by atoms with Gasteiger partial charge in [0, 0.05) is 12.8 Å². The minimum absolute atomic E-state index is 0.0257. The van der Waals surface area contributed by atoms with Crippen molar-refractivity contribution in [3.05, 3.63) is 66.3 Å². The first-order chi connectivity index (χ1) is 17.2. The molecule has 1 aromatic rings. The van der Waals surface area contributed by atoms with Crippen molar-refractivity contribution in [1.82, 2.24) is 5.32 Å². The Balaban J connectivity index is 2.19. The standard InChI is InChI=1S/C27H40NO7P/c1-2-3-4-5-6-7-8-9-10-11-12-13-14-15-16-17-26(29)28-25(27(30)31)22-23-18-20-24(21-19-23)35-36(32,33)34/h3-4,6-7,9-10,18-21,25H,2,5,8,11-17,22H2,1H3,(H,28,29)(H,30,31)(H2,32,33,34)/b4-3?,7-6?,10-9-/t25-/m0/s1. The maximum Gasteiger partial charge on any atom is 0.524 e. The number of carbonyl (C=O) groups is 2.